The van der Waals surface area contributed by atoms with Crippen LogP contribution in [0.15, 0.2) is 42.5 Å². The number of carbonyl (C=O) groups is 4. The molecule has 3 amide bonds. The van der Waals surface area contributed by atoms with Gasteiger partial charge in [-0.2, -0.15) is 0 Å². The minimum Gasteiger partial charge on any atom is -0.505 e. The van der Waals surface area contributed by atoms with Crippen LogP contribution < -0.4 is 10.6 Å². The van der Waals surface area contributed by atoms with E-state index in [1.807, 2.05) is 30.3 Å². The van der Waals surface area contributed by atoms with E-state index >= 15 is 0 Å². The maximum atomic E-state index is 13.1. The number of phenols is 1. The zero-order valence-corrected chi connectivity index (χ0v) is 22.1. The monoisotopic (exact) mass is 565 g/mol. The Morgan fingerprint density at radius 1 is 1.16 bits per heavy atom. The van der Waals surface area contributed by atoms with Gasteiger partial charge in [0.2, 0.25) is 11.8 Å². The first kappa shape index (κ1) is 29.4. The lowest BCUT2D eigenvalue weighted by molar-refractivity contribution is -0.148. The summed E-state index contributed by atoms with van der Waals surface area (Å²) >= 11 is 11.7. The first-order valence-corrected chi connectivity index (χ1v) is 12.7. The zero-order valence-electron chi connectivity index (χ0n) is 20.6. The van der Waals surface area contributed by atoms with Crippen LogP contribution in [0.4, 0.5) is 0 Å². The number of rotatable bonds is 11. The van der Waals surface area contributed by atoms with Gasteiger partial charge in [-0.25, -0.2) is 0 Å². The summed E-state index contributed by atoms with van der Waals surface area (Å²) in [6.07, 6.45) is -0.143. The van der Waals surface area contributed by atoms with Crippen LogP contribution in [0.3, 0.4) is 0 Å². The van der Waals surface area contributed by atoms with Crippen molar-refractivity contribution in [1.82, 2.24) is 15.5 Å². The van der Waals surface area contributed by atoms with E-state index in [1.165, 1.54) is 24.0 Å². The summed E-state index contributed by atoms with van der Waals surface area (Å²) in [4.78, 5) is 51.4. The maximum absolute atomic E-state index is 13.1. The molecule has 1 fully saturated rings. The average molecular weight is 566 g/mol. The van der Waals surface area contributed by atoms with Gasteiger partial charge >= 0.3 is 0 Å². The Labute approximate surface area is 229 Å². The van der Waals surface area contributed by atoms with Crippen molar-refractivity contribution >= 4 is 47.2 Å². The Hall–Kier alpha value is -3.18. The van der Waals surface area contributed by atoms with Crippen LogP contribution in [0.1, 0.15) is 42.1 Å². The van der Waals surface area contributed by atoms with Gasteiger partial charge in [-0.1, -0.05) is 53.5 Å². The molecule has 1 aliphatic rings. The Morgan fingerprint density at radius 2 is 1.82 bits per heavy atom. The molecule has 2 unspecified atom stereocenters. The molecule has 0 aromatic heterocycles. The molecule has 1 saturated heterocycles. The molecule has 1 heterocycles. The van der Waals surface area contributed by atoms with Gasteiger partial charge < -0.3 is 35.3 Å². The Balaban J connectivity index is 1.61. The van der Waals surface area contributed by atoms with Crippen LogP contribution in [0.5, 0.6) is 5.75 Å². The van der Waals surface area contributed by atoms with E-state index in [-0.39, 0.29) is 34.4 Å². The highest BCUT2D eigenvalue weighted by Crippen LogP contribution is 2.32. The molecule has 4 N–H and O–H groups in total. The molecular weight excluding hydrogens is 537 g/mol. The summed E-state index contributed by atoms with van der Waals surface area (Å²) in [6.45, 7) is 1.85. The van der Waals surface area contributed by atoms with Crippen LogP contribution >= 0.6 is 23.2 Å². The number of nitrogens with zero attached hydrogens (tertiary/aromatic N) is 1. The Morgan fingerprint density at radius 3 is 2.45 bits per heavy atom. The van der Waals surface area contributed by atoms with E-state index in [0.29, 0.717) is 25.7 Å². The second kappa shape index (κ2) is 13.6. The number of nitrogens with one attached hydrogen (secondary N) is 2. The van der Waals surface area contributed by atoms with Crippen molar-refractivity contribution in [1.29, 1.82) is 0 Å². The van der Waals surface area contributed by atoms with Gasteiger partial charge in [-0.3, -0.25) is 14.4 Å². The van der Waals surface area contributed by atoms with Crippen LogP contribution in [0.2, 0.25) is 10.0 Å². The fourth-order valence-electron chi connectivity index (χ4n) is 4.09. The van der Waals surface area contributed by atoms with E-state index in [2.05, 4.69) is 10.6 Å². The minimum atomic E-state index is -1.45. The number of aliphatic hydroxyl groups is 1. The molecule has 0 spiro atoms. The van der Waals surface area contributed by atoms with Gasteiger partial charge in [0.15, 0.2) is 12.0 Å². The third-order valence-electron chi connectivity index (χ3n) is 6.12. The predicted octanol–water partition coefficient (Wildman–Crippen LogP) is 2.42. The fourth-order valence-corrected chi connectivity index (χ4v) is 4.58. The molecular formula is C26H29Cl2N3O7. The molecule has 204 valence electrons. The summed E-state index contributed by atoms with van der Waals surface area (Å²) < 4.78 is 5.45. The van der Waals surface area contributed by atoms with Crippen molar-refractivity contribution in [3.05, 3.63) is 63.6 Å². The molecule has 0 saturated carbocycles. The zero-order chi connectivity index (χ0) is 27.8. The molecule has 10 nitrogen and oxygen atoms in total. The van der Waals surface area contributed by atoms with Gasteiger partial charge in [0, 0.05) is 18.5 Å². The minimum absolute atomic E-state index is 0.0503. The fraction of sp³-hybridized carbons (Fsp3) is 0.385. The van der Waals surface area contributed by atoms with E-state index < -0.39 is 42.1 Å². The molecule has 1 aliphatic heterocycles. The molecule has 2 aromatic rings. The van der Waals surface area contributed by atoms with Crippen molar-refractivity contribution in [3.63, 3.8) is 0 Å². The molecule has 4 atom stereocenters. The number of aromatic hydroxyl groups is 1. The second-order valence-corrected chi connectivity index (χ2v) is 9.69. The molecule has 3 rings (SSSR count). The number of phenolic OH excluding ortho intramolecular Hbond substituents is 1. The first-order chi connectivity index (χ1) is 18.1. The third kappa shape index (κ3) is 7.44. The number of ether oxygens (including phenoxy) is 1. The van der Waals surface area contributed by atoms with Gasteiger partial charge in [0.25, 0.3) is 5.91 Å². The lowest BCUT2D eigenvalue weighted by atomic mass is 10.1. The van der Waals surface area contributed by atoms with Crippen molar-refractivity contribution in [2.45, 2.75) is 57.2 Å². The van der Waals surface area contributed by atoms with Crippen molar-refractivity contribution in [3.8, 4) is 5.75 Å². The standard InChI is InChI=1S/C26H29Cl2N3O7/c1-15(29-23(34)17-12-18(27)22(33)19(28)13-17)25(36)31-10-5-8-21(31)24(35)30-20(9-11-32)26(37)38-14-16-6-3-2-4-7-16/h2-4,6-7,11-13,15,20-21,26,33,37H,5,8-10,14H2,1H3,(H,29,34)(H,30,35)/t15-,20?,21-,26?/m0/s1. The van der Waals surface area contributed by atoms with Gasteiger partial charge in [0.1, 0.15) is 18.4 Å². The number of carbonyl (C=O) groups excluding carboxylic acids is 4. The highest BCUT2D eigenvalue weighted by Gasteiger charge is 2.38. The van der Waals surface area contributed by atoms with Gasteiger partial charge in [0.05, 0.1) is 22.7 Å². The van der Waals surface area contributed by atoms with Crippen LogP contribution in [0.25, 0.3) is 0 Å². The lowest BCUT2D eigenvalue weighted by Crippen LogP contribution is -2.55. The number of aldehydes is 1. The maximum Gasteiger partial charge on any atom is 0.252 e. The van der Waals surface area contributed by atoms with Crippen LogP contribution in [-0.4, -0.2) is 70.1 Å². The number of hydrogen-bond donors (Lipinski definition) is 4. The number of halogens is 2. The van der Waals surface area contributed by atoms with E-state index in [9.17, 15) is 29.4 Å². The van der Waals surface area contributed by atoms with Crippen molar-refractivity contribution in [2.24, 2.45) is 0 Å². The smallest absolute Gasteiger partial charge is 0.252 e. The number of hydrogen-bond acceptors (Lipinski definition) is 7. The summed E-state index contributed by atoms with van der Waals surface area (Å²) in [5.74, 6) is -2.02. The highest BCUT2D eigenvalue weighted by molar-refractivity contribution is 6.37. The average Bonchev–Trinajstić information content (AvgIpc) is 3.40. The molecule has 12 heteroatoms. The Bertz CT molecular complexity index is 1140. The van der Waals surface area contributed by atoms with Crippen molar-refractivity contribution < 1.29 is 34.1 Å². The van der Waals surface area contributed by atoms with Crippen LogP contribution in [0, 0.1) is 0 Å². The number of aliphatic hydroxyl groups excluding tert-OH is 1. The highest BCUT2D eigenvalue weighted by atomic mass is 35.5. The van der Waals surface area contributed by atoms with Gasteiger partial charge in [-0.15, -0.1) is 0 Å². The normalized spacial score (nSPS) is 17.4. The largest absolute Gasteiger partial charge is 0.505 e. The molecule has 0 bridgehead atoms. The first-order valence-electron chi connectivity index (χ1n) is 12.0. The summed E-state index contributed by atoms with van der Waals surface area (Å²) in [5.41, 5.74) is 0.859. The summed E-state index contributed by atoms with van der Waals surface area (Å²) in [6, 6.07) is 8.69. The SMILES string of the molecule is C[C@H](NC(=O)c1cc(Cl)c(O)c(Cl)c1)C(=O)N1CCC[C@H]1C(=O)NC(CC=O)C(O)OCc1ccccc1. The lowest BCUT2D eigenvalue weighted by Gasteiger charge is -2.29. The van der Waals surface area contributed by atoms with E-state index in [1.54, 1.807) is 0 Å². The van der Waals surface area contributed by atoms with Gasteiger partial charge in [-0.05, 0) is 37.5 Å². The topological polar surface area (TPSA) is 145 Å². The Kier molecular flexibility index (Phi) is 10.5. The second-order valence-electron chi connectivity index (χ2n) is 8.88. The number of benzene rings is 2. The predicted molar refractivity (Wildman–Crippen MR) is 140 cm³/mol. The molecule has 0 radical (unpaired) electrons. The third-order valence-corrected chi connectivity index (χ3v) is 6.70. The molecule has 38 heavy (non-hydrogen) atoms. The van der Waals surface area contributed by atoms with E-state index in [4.69, 9.17) is 27.9 Å². The number of likely N-dealkylation sites (tertiary alicyclic amines) is 1. The quantitative estimate of drug-likeness (QED) is 0.242. The number of amides is 3. The van der Waals surface area contributed by atoms with Crippen LogP contribution in [-0.2, 0) is 25.7 Å². The van der Waals surface area contributed by atoms with Crippen molar-refractivity contribution in [2.75, 3.05) is 6.54 Å². The summed E-state index contributed by atoms with van der Waals surface area (Å²) in [7, 11) is 0. The van der Waals surface area contributed by atoms with E-state index in [0.717, 1.165) is 5.56 Å². The summed E-state index contributed by atoms with van der Waals surface area (Å²) in [5, 5.41) is 25.1. The molecule has 2 aromatic carbocycles. The molecule has 0 aliphatic carbocycles.